The van der Waals surface area contributed by atoms with Crippen LogP contribution in [0, 0.1) is 0 Å². The molecule has 0 aromatic rings. The van der Waals surface area contributed by atoms with Crippen LogP contribution < -0.4 is 0 Å². The van der Waals surface area contributed by atoms with Gasteiger partial charge in [-0.05, 0) is 57.8 Å². The molecule has 0 amide bonds. The lowest BCUT2D eigenvalue weighted by molar-refractivity contribution is -0.167. The van der Waals surface area contributed by atoms with Crippen LogP contribution >= 0.6 is 0 Å². The Bertz CT molecular complexity index is 1090. The molecule has 0 radical (unpaired) electrons. The summed E-state index contributed by atoms with van der Waals surface area (Å²) >= 11 is 0. The molecular weight excluding hydrogens is 805 g/mol. The van der Waals surface area contributed by atoms with E-state index in [4.69, 9.17) is 14.2 Å². The summed E-state index contributed by atoms with van der Waals surface area (Å²) in [4.78, 5) is 37.8. The minimum Gasteiger partial charge on any atom is -0.462 e. The van der Waals surface area contributed by atoms with Crippen LogP contribution in [0.25, 0.3) is 0 Å². The monoisotopic (exact) mass is 913 g/mol. The second kappa shape index (κ2) is 54.2. The topological polar surface area (TPSA) is 78.9 Å². The summed E-state index contributed by atoms with van der Waals surface area (Å²) in [5, 5.41) is 0. The minimum absolute atomic E-state index is 0.0709. The quantitative estimate of drug-likeness (QED) is 0.0262. The molecule has 1 atom stereocenters. The number of unbranched alkanes of at least 4 members (excludes halogenated alkanes) is 35. The number of esters is 3. The lowest BCUT2D eigenvalue weighted by atomic mass is 10.0. The average molecular weight is 914 g/mol. The fourth-order valence-corrected chi connectivity index (χ4v) is 8.33. The second-order valence-electron chi connectivity index (χ2n) is 19.2. The maximum atomic E-state index is 12.8. The first-order valence-corrected chi connectivity index (χ1v) is 28.5. The molecule has 6 nitrogen and oxygen atoms in total. The van der Waals surface area contributed by atoms with Crippen molar-refractivity contribution in [3.8, 4) is 0 Å². The molecule has 380 valence electrons. The van der Waals surface area contributed by atoms with Gasteiger partial charge in [-0.1, -0.05) is 263 Å². The largest absolute Gasteiger partial charge is 0.462 e. The van der Waals surface area contributed by atoms with Gasteiger partial charge >= 0.3 is 17.9 Å². The highest BCUT2D eigenvalue weighted by Crippen LogP contribution is 2.16. The van der Waals surface area contributed by atoms with Gasteiger partial charge in [-0.2, -0.15) is 0 Å². The number of rotatable bonds is 52. The molecule has 65 heavy (non-hydrogen) atoms. The average Bonchev–Trinajstić information content (AvgIpc) is 3.30. The van der Waals surface area contributed by atoms with E-state index in [2.05, 4.69) is 57.2 Å². The third-order valence-electron chi connectivity index (χ3n) is 12.6. The van der Waals surface area contributed by atoms with E-state index in [9.17, 15) is 14.4 Å². The van der Waals surface area contributed by atoms with Crippen molar-refractivity contribution >= 4 is 17.9 Å². The Morgan fingerprint density at radius 2 is 0.554 bits per heavy atom. The van der Waals surface area contributed by atoms with E-state index in [1.54, 1.807) is 0 Å². The maximum Gasteiger partial charge on any atom is 0.306 e. The van der Waals surface area contributed by atoms with Crippen LogP contribution in [0.2, 0.25) is 0 Å². The molecule has 0 heterocycles. The van der Waals surface area contributed by atoms with Crippen molar-refractivity contribution in [2.45, 2.75) is 309 Å². The summed E-state index contributed by atoms with van der Waals surface area (Å²) in [5.41, 5.74) is 0. The van der Waals surface area contributed by atoms with E-state index in [1.807, 2.05) is 0 Å². The fraction of sp³-hybridized carbons (Fsp3) is 0.847. The molecule has 0 aliphatic rings. The van der Waals surface area contributed by atoms with E-state index in [1.165, 1.54) is 186 Å². The van der Waals surface area contributed by atoms with Crippen molar-refractivity contribution < 1.29 is 28.6 Å². The summed E-state index contributed by atoms with van der Waals surface area (Å²) in [6.07, 6.45) is 64.6. The molecule has 0 aromatic carbocycles. The highest BCUT2D eigenvalue weighted by molar-refractivity contribution is 5.71. The Balaban J connectivity index is 4.06. The number of ether oxygens (including phenoxy) is 3. The summed E-state index contributed by atoms with van der Waals surface area (Å²) in [6.45, 7) is 6.58. The predicted octanol–water partition coefficient (Wildman–Crippen LogP) is 18.9. The second-order valence-corrected chi connectivity index (χ2v) is 19.2. The van der Waals surface area contributed by atoms with Crippen molar-refractivity contribution in [1.82, 2.24) is 0 Å². The summed E-state index contributed by atoms with van der Waals surface area (Å²) in [6, 6.07) is 0. The third kappa shape index (κ3) is 52.5. The standard InChI is InChI=1S/C59H108O6/c1-4-7-10-13-15-17-19-21-23-25-26-27-28-29-30-31-32-34-35-37-39-41-43-46-49-52-58(61)64-55-56(54-63-57(60)51-48-45-12-9-6-3)65-59(62)53-50-47-44-42-40-38-36-33-24-22-20-18-16-14-11-8-5-2/h19,21,25-26,28-29,56H,4-18,20,22-24,27,30-55H2,1-3H3/b21-19-,26-25-,29-28-. The van der Waals surface area contributed by atoms with Crippen LogP contribution in [0.3, 0.4) is 0 Å². The smallest absolute Gasteiger partial charge is 0.306 e. The molecule has 0 saturated heterocycles. The maximum absolute atomic E-state index is 12.8. The van der Waals surface area contributed by atoms with E-state index >= 15 is 0 Å². The van der Waals surface area contributed by atoms with E-state index < -0.39 is 6.10 Å². The molecule has 1 unspecified atom stereocenters. The first kappa shape index (κ1) is 62.6. The number of hydrogen-bond acceptors (Lipinski definition) is 6. The van der Waals surface area contributed by atoms with E-state index in [-0.39, 0.29) is 31.1 Å². The van der Waals surface area contributed by atoms with Crippen LogP contribution in [-0.4, -0.2) is 37.2 Å². The van der Waals surface area contributed by atoms with Crippen LogP contribution in [0.1, 0.15) is 303 Å². The molecule has 0 spiro atoms. The molecule has 0 aromatic heterocycles. The van der Waals surface area contributed by atoms with Gasteiger partial charge in [0.05, 0.1) is 0 Å². The predicted molar refractivity (Wildman–Crippen MR) is 279 cm³/mol. The van der Waals surface area contributed by atoms with Gasteiger partial charge in [0.25, 0.3) is 0 Å². The molecule has 6 heteroatoms. The number of hydrogen-bond donors (Lipinski definition) is 0. The Hall–Kier alpha value is -2.37. The van der Waals surface area contributed by atoms with Crippen molar-refractivity contribution in [2.24, 2.45) is 0 Å². The van der Waals surface area contributed by atoms with Crippen molar-refractivity contribution in [1.29, 1.82) is 0 Å². The molecule has 0 fully saturated rings. The summed E-state index contributed by atoms with van der Waals surface area (Å²) in [5.74, 6) is -0.873. The Kier molecular flexibility index (Phi) is 52.3. The molecule has 0 saturated carbocycles. The van der Waals surface area contributed by atoms with Gasteiger partial charge in [-0.25, -0.2) is 0 Å². The molecule has 0 aliphatic heterocycles. The number of carbonyl (C=O) groups is 3. The fourth-order valence-electron chi connectivity index (χ4n) is 8.33. The summed E-state index contributed by atoms with van der Waals surface area (Å²) < 4.78 is 16.7. The lowest BCUT2D eigenvalue weighted by Gasteiger charge is -2.18. The van der Waals surface area contributed by atoms with Crippen LogP contribution in [0.15, 0.2) is 36.5 Å². The normalized spacial score (nSPS) is 12.2. The Morgan fingerprint density at radius 1 is 0.308 bits per heavy atom. The van der Waals surface area contributed by atoms with Gasteiger partial charge in [0, 0.05) is 19.3 Å². The van der Waals surface area contributed by atoms with Gasteiger partial charge in [-0.3, -0.25) is 14.4 Å². The minimum atomic E-state index is -0.766. The lowest BCUT2D eigenvalue weighted by Crippen LogP contribution is -2.30. The van der Waals surface area contributed by atoms with Crippen LogP contribution in [0.4, 0.5) is 0 Å². The molecule has 0 N–H and O–H groups in total. The molecule has 0 aliphatic carbocycles. The SMILES string of the molecule is CCCCCCC/C=C\C/C=C\C/C=C\CCCCCCCCCCCCC(=O)OCC(COC(=O)CCCCCCC)OC(=O)CCCCCCCCCCCCCCCCCCC. The number of carbonyl (C=O) groups excluding carboxylic acids is 3. The zero-order chi connectivity index (χ0) is 47.2. The Morgan fingerprint density at radius 3 is 0.862 bits per heavy atom. The van der Waals surface area contributed by atoms with E-state index in [0.717, 1.165) is 77.0 Å². The van der Waals surface area contributed by atoms with Gasteiger partial charge in [-0.15, -0.1) is 0 Å². The number of allylic oxidation sites excluding steroid dienone is 6. The van der Waals surface area contributed by atoms with E-state index in [0.29, 0.717) is 19.3 Å². The highest BCUT2D eigenvalue weighted by atomic mass is 16.6. The molecule has 0 bridgehead atoms. The first-order chi connectivity index (χ1) is 32.0. The first-order valence-electron chi connectivity index (χ1n) is 28.5. The molecular formula is C59H108O6. The third-order valence-corrected chi connectivity index (χ3v) is 12.6. The summed E-state index contributed by atoms with van der Waals surface area (Å²) in [7, 11) is 0. The highest BCUT2D eigenvalue weighted by Gasteiger charge is 2.19. The van der Waals surface area contributed by atoms with Crippen molar-refractivity contribution in [3.05, 3.63) is 36.5 Å². The van der Waals surface area contributed by atoms with Gasteiger partial charge < -0.3 is 14.2 Å². The molecule has 0 rings (SSSR count). The van der Waals surface area contributed by atoms with Gasteiger partial charge in [0.15, 0.2) is 6.10 Å². The van der Waals surface area contributed by atoms with Crippen LogP contribution in [0.5, 0.6) is 0 Å². The van der Waals surface area contributed by atoms with Gasteiger partial charge in [0.2, 0.25) is 0 Å². The van der Waals surface area contributed by atoms with Crippen molar-refractivity contribution in [2.75, 3.05) is 13.2 Å². The zero-order valence-electron chi connectivity index (χ0n) is 43.5. The van der Waals surface area contributed by atoms with Gasteiger partial charge in [0.1, 0.15) is 13.2 Å². The van der Waals surface area contributed by atoms with Crippen LogP contribution in [-0.2, 0) is 28.6 Å². The van der Waals surface area contributed by atoms with Crippen molar-refractivity contribution in [3.63, 3.8) is 0 Å². The Labute approximate surface area is 404 Å². The zero-order valence-corrected chi connectivity index (χ0v) is 43.5.